The van der Waals surface area contributed by atoms with Gasteiger partial charge in [-0.25, -0.2) is 4.39 Å². The summed E-state index contributed by atoms with van der Waals surface area (Å²) in [5, 5.41) is 0. The van der Waals surface area contributed by atoms with Crippen LogP contribution in [0.2, 0.25) is 0 Å². The summed E-state index contributed by atoms with van der Waals surface area (Å²) in [6.07, 6.45) is 0. The second-order valence-corrected chi connectivity index (χ2v) is 6.30. The van der Waals surface area contributed by atoms with Crippen molar-refractivity contribution in [3.05, 3.63) is 84.2 Å². The van der Waals surface area contributed by atoms with Crippen LogP contribution in [0.15, 0.2) is 72.8 Å². The molecule has 0 radical (unpaired) electrons. The number of rotatable bonds is 4. The van der Waals surface area contributed by atoms with Crippen molar-refractivity contribution >= 4 is 11.4 Å². The van der Waals surface area contributed by atoms with E-state index in [9.17, 15) is 4.39 Å². The molecule has 0 aliphatic rings. The quantitative estimate of drug-likeness (QED) is 0.542. The number of aryl methyl sites for hydroxylation is 1. The van der Waals surface area contributed by atoms with E-state index in [1.54, 1.807) is 0 Å². The molecule has 0 amide bonds. The normalized spacial score (nSPS) is 10.9. The summed E-state index contributed by atoms with van der Waals surface area (Å²) >= 11 is 0. The Morgan fingerprint density at radius 3 is 1.83 bits per heavy atom. The fourth-order valence-corrected chi connectivity index (χ4v) is 3.01. The molecule has 3 rings (SSSR count). The maximum Gasteiger partial charge on any atom is 0.123 e. The van der Waals surface area contributed by atoms with Crippen LogP contribution in [0.1, 0.15) is 19.4 Å². The molecule has 1 nitrogen and oxygen atoms in total. The van der Waals surface area contributed by atoms with Crippen molar-refractivity contribution in [1.29, 1.82) is 0 Å². The molecule has 3 aromatic rings. The zero-order chi connectivity index (χ0) is 17.1. The van der Waals surface area contributed by atoms with Gasteiger partial charge in [-0.05, 0) is 67.8 Å². The summed E-state index contributed by atoms with van der Waals surface area (Å²) in [4.78, 5) is 2.34. The number of halogens is 1. The number of nitrogens with zero attached hydrogens (tertiary/aromatic N) is 1. The summed E-state index contributed by atoms with van der Waals surface area (Å²) in [5.41, 5.74) is 5.75. The highest BCUT2D eigenvalue weighted by Gasteiger charge is 2.14. The molecule has 0 aromatic heterocycles. The molecule has 0 saturated carbocycles. The molecule has 0 N–H and O–H groups in total. The lowest BCUT2D eigenvalue weighted by Crippen LogP contribution is -2.26. The number of benzene rings is 3. The van der Waals surface area contributed by atoms with Gasteiger partial charge in [-0.1, -0.05) is 42.5 Å². The number of hydrogen-bond acceptors (Lipinski definition) is 1. The van der Waals surface area contributed by atoms with Crippen LogP contribution in [0.5, 0.6) is 0 Å². The van der Waals surface area contributed by atoms with E-state index in [4.69, 9.17) is 0 Å². The smallest absolute Gasteiger partial charge is 0.123 e. The molecule has 0 heterocycles. The molecule has 0 aliphatic heterocycles. The highest BCUT2D eigenvalue weighted by Crippen LogP contribution is 2.32. The van der Waals surface area contributed by atoms with Crippen LogP contribution in [-0.4, -0.2) is 6.04 Å². The monoisotopic (exact) mass is 319 g/mol. The first kappa shape index (κ1) is 16.3. The minimum absolute atomic E-state index is 0.207. The lowest BCUT2D eigenvalue weighted by Gasteiger charge is -2.30. The Labute approximate surface area is 143 Å². The predicted molar refractivity (Wildman–Crippen MR) is 100 cm³/mol. The summed E-state index contributed by atoms with van der Waals surface area (Å²) in [7, 11) is 0. The third-order valence-electron chi connectivity index (χ3n) is 4.21. The third-order valence-corrected chi connectivity index (χ3v) is 4.21. The van der Waals surface area contributed by atoms with Crippen LogP contribution >= 0.6 is 0 Å². The van der Waals surface area contributed by atoms with Crippen molar-refractivity contribution in [2.45, 2.75) is 26.8 Å². The van der Waals surface area contributed by atoms with Gasteiger partial charge < -0.3 is 4.90 Å². The third kappa shape index (κ3) is 3.33. The Balaban J connectivity index is 1.96. The standard InChI is InChI=1S/C22H22FN/c1-16(2)24(22-7-5-4-6-17(22)3)21-14-10-19(11-15-21)18-8-12-20(23)13-9-18/h4-16H,1-3H3. The molecule has 0 bridgehead atoms. The Hall–Kier alpha value is -2.61. The average molecular weight is 319 g/mol. The van der Waals surface area contributed by atoms with E-state index in [1.165, 1.54) is 23.4 Å². The number of para-hydroxylation sites is 1. The van der Waals surface area contributed by atoms with Gasteiger partial charge in [0.25, 0.3) is 0 Å². The zero-order valence-corrected chi connectivity index (χ0v) is 14.3. The molecule has 122 valence electrons. The summed E-state index contributed by atoms with van der Waals surface area (Å²) < 4.78 is 13.1. The van der Waals surface area contributed by atoms with Crippen LogP contribution in [-0.2, 0) is 0 Å². The second kappa shape index (κ2) is 6.88. The summed E-state index contributed by atoms with van der Waals surface area (Å²) in [5.74, 6) is -0.207. The van der Waals surface area contributed by atoms with Gasteiger partial charge in [-0.2, -0.15) is 0 Å². The molecular formula is C22H22FN. The second-order valence-electron chi connectivity index (χ2n) is 6.30. The minimum atomic E-state index is -0.207. The Kier molecular flexibility index (Phi) is 4.66. The van der Waals surface area contributed by atoms with Crippen molar-refractivity contribution in [3.8, 4) is 11.1 Å². The lowest BCUT2D eigenvalue weighted by atomic mass is 10.0. The van der Waals surface area contributed by atoms with Gasteiger partial charge in [0, 0.05) is 17.4 Å². The van der Waals surface area contributed by atoms with Crippen LogP contribution < -0.4 is 4.90 Å². The van der Waals surface area contributed by atoms with Crippen LogP contribution in [0.3, 0.4) is 0 Å². The molecule has 3 aromatic carbocycles. The van der Waals surface area contributed by atoms with Crippen LogP contribution in [0, 0.1) is 12.7 Å². The van der Waals surface area contributed by atoms with E-state index >= 15 is 0 Å². The average Bonchev–Trinajstić information content (AvgIpc) is 2.58. The van der Waals surface area contributed by atoms with E-state index < -0.39 is 0 Å². The van der Waals surface area contributed by atoms with Crippen LogP contribution in [0.4, 0.5) is 15.8 Å². The number of anilines is 2. The highest BCUT2D eigenvalue weighted by molar-refractivity contribution is 5.71. The van der Waals surface area contributed by atoms with Crippen molar-refractivity contribution in [1.82, 2.24) is 0 Å². The van der Waals surface area contributed by atoms with Crippen molar-refractivity contribution in [3.63, 3.8) is 0 Å². The van der Waals surface area contributed by atoms with Gasteiger partial charge in [-0.15, -0.1) is 0 Å². The lowest BCUT2D eigenvalue weighted by molar-refractivity contribution is 0.628. The van der Waals surface area contributed by atoms with Gasteiger partial charge in [0.1, 0.15) is 5.82 Å². The molecular weight excluding hydrogens is 297 g/mol. The fourth-order valence-electron chi connectivity index (χ4n) is 3.01. The van der Waals surface area contributed by atoms with Gasteiger partial charge in [0.2, 0.25) is 0 Å². The van der Waals surface area contributed by atoms with Crippen LogP contribution in [0.25, 0.3) is 11.1 Å². The van der Waals surface area contributed by atoms with E-state index in [-0.39, 0.29) is 5.82 Å². The molecule has 2 heteroatoms. The molecule has 0 atom stereocenters. The molecule has 24 heavy (non-hydrogen) atoms. The van der Waals surface area contributed by atoms with E-state index in [0.29, 0.717) is 6.04 Å². The fraction of sp³-hybridized carbons (Fsp3) is 0.182. The Morgan fingerprint density at radius 1 is 0.750 bits per heavy atom. The van der Waals surface area contributed by atoms with E-state index in [0.717, 1.165) is 16.8 Å². The van der Waals surface area contributed by atoms with Crippen molar-refractivity contribution in [2.24, 2.45) is 0 Å². The topological polar surface area (TPSA) is 3.24 Å². The first-order chi connectivity index (χ1) is 11.6. The number of hydrogen-bond donors (Lipinski definition) is 0. The van der Waals surface area contributed by atoms with E-state index in [2.05, 4.69) is 74.2 Å². The highest BCUT2D eigenvalue weighted by atomic mass is 19.1. The molecule has 0 aliphatic carbocycles. The largest absolute Gasteiger partial charge is 0.339 e. The summed E-state index contributed by atoms with van der Waals surface area (Å²) in [6.45, 7) is 6.53. The van der Waals surface area contributed by atoms with Crippen molar-refractivity contribution in [2.75, 3.05) is 4.90 Å². The minimum Gasteiger partial charge on any atom is -0.339 e. The molecule has 0 fully saturated rings. The van der Waals surface area contributed by atoms with E-state index in [1.807, 2.05) is 12.1 Å². The predicted octanol–water partition coefficient (Wildman–Crippen LogP) is 6.35. The van der Waals surface area contributed by atoms with Crippen molar-refractivity contribution < 1.29 is 4.39 Å². The SMILES string of the molecule is Cc1ccccc1N(c1ccc(-c2ccc(F)cc2)cc1)C(C)C. The van der Waals surface area contributed by atoms with Gasteiger partial charge in [0.15, 0.2) is 0 Å². The Bertz CT molecular complexity index is 804. The Morgan fingerprint density at radius 2 is 1.29 bits per heavy atom. The molecule has 0 unspecified atom stereocenters. The maximum atomic E-state index is 13.1. The first-order valence-electron chi connectivity index (χ1n) is 8.27. The maximum absolute atomic E-state index is 13.1. The van der Waals surface area contributed by atoms with Gasteiger partial charge in [0.05, 0.1) is 0 Å². The summed E-state index contributed by atoms with van der Waals surface area (Å²) in [6, 6.07) is 23.8. The van der Waals surface area contributed by atoms with Gasteiger partial charge >= 0.3 is 0 Å². The zero-order valence-electron chi connectivity index (χ0n) is 14.3. The molecule has 0 spiro atoms. The van der Waals surface area contributed by atoms with Gasteiger partial charge in [-0.3, -0.25) is 0 Å². The first-order valence-corrected chi connectivity index (χ1v) is 8.27. The molecule has 0 saturated heterocycles.